The van der Waals surface area contributed by atoms with E-state index in [0.29, 0.717) is 24.5 Å². The van der Waals surface area contributed by atoms with Crippen LogP contribution in [0.5, 0.6) is 0 Å². The van der Waals surface area contributed by atoms with Crippen LogP contribution in [0.2, 0.25) is 0 Å². The minimum atomic E-state index is -0.360. The van der Waals surface area contributed by atoms with Crippen LogP contribution < -0.4 is 16.4 Å². The average Bonchev–Trinajstić information content (AvgIpc) is 2.74. The van der Waals surface area contributed by atoms with Crippen molar-refractivity contribution in [2.75, 3.05) is 25.6 Å². The first-order valence-electron chi connectivity index (χ1n) is 9.08. The molecule has 2 atom stereocenters. The van der Waals surface area contributed by atoms with Gasteiger partial charge in [-0.1, -0.05) is 6.07 Å². The van der Waals surface area contributed by atoms with Gasteiger partial charge in [-0.05, 0) is 42.3 Å². The standard InChI is InChI=1S/C20H24N4O4/c1-27-18-5-7-28-12-17(18)24-19(25)14-8-13(11-21)9-15(10-14)23-20(26)16-4-2-3-6-22-16/h2-4,6,8-10,17-18H,5,7,11-12,21H2,1H3,(H,23,26)(H,24,25)/t17-,18-/m1/s1. The van der Waals surface area contributed by atoms with Crippen LogP contribution in [-0.4, -0.2) is 49.3 Å². The molecule has 2 amide bonds. The molecule has 0 unspecified atom stereocenters. The zero-order valence-corrected chi connectivity index (χ0v) is 15.7. The lowest BCUT2D eigenvalue weighted by Gasteiger charge is -2.31. The monoisotopic (exact) mass is 384 g/mol. The summed E-state index contributed by atoms with van der Waals surface area (Å²) < 4.78 is 10.9. The number of benzene rings is 1. The second-order valence-corrected chi connectivity index (χ2v) is 6.51. The van der Waals surface area contributed by atoms with E-state index in [1.54, 1.807) is 49.7 Å². The highest BCUT2D eigenvalue weighted by Crippen LogP contribution is 2.17. The average molecular weight is 384 g/mol. The van der Waals surface area contributed by atoms with Crippen molar-refractivity contribution in [3.05, 3.63) is 59.4 Å². The number of anilines is 1. The van der Waals surface area contributed by atoms with Crippen molar-refractivity contribution in [2.24, 2.45) is 5.73 Å². The topological polar surface area (TPSA) is 116 Å². The van der Waals surface area contributed by atoms with Crippen LogP contribution in [0.1, 0.15) is 32.8 Å². The molecule has 1 aromatic heterocycles. The molecule has 148 valence electrons. The smallest absolute Gasteiger partial charge is 0.274 e. The lowest BCUT2D eigenvalue weighted by molar-refractivity contribution is -0.0349. The third kappa shape index (κ3) is 4.92. The van der Waals surface area contributed by atoms with E-state index in [1.165, 1.54) is 0 Å². The first kappa shape index (κ1) is 19.9. The Morgan fingerprint density at radius 3 is 2.86 bits per heavy atom. The number of amides is 2. The Labute approximate surface area is 163 Å². The van der Waals surface area contributed by atoms with Gasteiger partial charge in [0.15, 0.2) is 0 Å². The summed E-state index contributed by atoms with van der Waals surface area (Å²) in [7, 11) is 1.62. The number of nitrogens with one attached hydrogen (secondary N) is 2. The summed E-state index contributed by atoms with van der Waals surface area (Å²) in [6, 6.07) is 9.90. The van der Waals surface area contributed by atoms with Crippen molar-refractivity contribution in [1.82, 2.24) is 10.3 Å². The fourth-order valence-electron chi connectivity index (χ4n) is 3.09. The van der Waals surface area contributed by atoms with Crippen molar-refractivity contribution in [1.29, 1.82) is 0 Å². The van der Waals surface area contributed by atoms with Crippen LogP contribution in [0.4, 0.5) is 5.69 Å². The number of nitrogens with zero attached hydrogens (tertiary/aromatic N) is 1. The van der Waals surface area contributed by atoms with E-state index in [4.69, 9.17) is 15.2 Å². The lowest BCUT2D eigenvalue weighted by atomic mass is 10.0. The van der Waals surface area contributed by atoms with E-state index >= 15 is 0 Å². The normalized spacial score (nSPS) is 19.1. The number of hydrogen-bond acceptors (Lipinski definition) is 6. The first-order chi connectivity index (χ1) is 13.6. The van der Waals surface area contributed by atoms with Crippen LogP contribution >= 0.6 is 0 Å². The van der Waals surface area contributed by atoms with Gasteiger partial charge in [0.25, 0.3) is 11.8 Å². The number of hydrogen-bond donors (Lipinski definition) is 3. The lowest BCUT2D eigenvalue weighted by Crippen LogP contribution is -2.50. The fourth-order valence-corrected chi connectivity index (χ4v) is 3.09. The van der Waals surface area contributed by atoms with Crippen molar-refractivity contribution in [3.8, 4) is 0 Å². The minimum absolute atomic E-state index is 0.0984. The Morgan fingerprint density at radius 2 is 2.14 bits per heavy atom. The van der Waals surface area contributed by atoms with Crippen LogP contribution in [0.3, 0.4) is 0 Å². The van der Waals surface area contributed by atoms with Gasteiger partial charge in [0, 0.05) is 37.7 Å². The number of methoxy groups -OCH3 is 1. The summed E-state index contributed by atoms with van der Waals surface area (Å²) in [5.74, 6) is -0.637. The van der Waals surface area contributed by atoms with Gasteiger partial charge in [-0.25, -0.2) is 0 Å². The second kappa shape index (κ2) is 9.41. The number of ether oxygens (including phenoxy) is 2. The van der Waals surface area contributed by atoms with Gasteiger partial charge < -0.3 is 25.8 Å². The predicted octanol–water partition coefficient (Wildman–Crippen LogP) is 1.33. The number of pyridine rings is 1. The SMILES string of the molecule is CO[C@@H]1CCOC[C@H]1NC(=O)c1cc(CN)cc(NC(=O)c2ccccn2)c1. The molecule has 3 rings (SSSR count). The van der Waals surface area contributed by atoms with E-state index in [9.17, 15) is 9.59 Å². The number of aromatic nitrogens is 1. The molecule has 4 N–H and O–H groups in total. The minimum Gasteiger partial charge on any atom is -0.379 e. The van der Waals surface area contributed by atoms with Crippen molar-refractivity contribution in [3.63, 3.8) is 0 Å². The van der Waals surface area contributed by atoms with E-state index < -0.39 is 0 Å². The quantitative estimate of drug-likeness (QED) is 0.692. The third-order valence-electron chi connectivity index (χ3n) is 4.56. The van der Waals surface area contributed by atoms with Crippen LogP contribution in [0.25, 0.3) is 0 Å². The Balaban J connectivity index is 1.76. The summed E-state index contributed by atoms with van der Waals surface area (Å²) in [5.41, 5.74) is 7.66. The molecule has 0 bridgehead atoms. The summed E-state index contributed by atoms with van der Waals surface area (Å²) in [6.45, 7) is 1.24. The third-order valence-corrected chi connectivity index (χ3v) is 4.56. The van der Waals surface area contributed by atoms with Crippen LogP contribution in [0.15, 0.2) is 42.6 Å². The highest BCUT2D eigenvalue weighted by Gasteiger charge is 2.27. The largest absolute Gasteiger partial charge is 0.379 e. The zero-order valence-electron chi connectivity index (χ0n) is 15.7. The molecule has 0 spiro atoms. The highest BCUT2D eigenvalue weighted by atomic mass is 16.5. The van der Waals surface area contributed by atoms with Crippen LogP contribution in [-0.2, 0) is 16.0 Å². The molecule has 1 fully saturated rings. The highest BCUT2D eigenvalue weighted by molar-refractivity contribution is 6.04. The second-order valence-electron chi connectivity index (χ2n) is 6.51. The first-order valence-corrected chi connectivity index (χ1v) is 9.08. The molecular weight excluding hydrogens is 360 g/mol. The summed E-state index contributed by atoms with van der Waals surface area (Å²) >= 11 is 0. The van der Waals surface area contributed by atoms with Crippen LogP contribution in [0, 0.1) is 0 Å². The number of rotatable bonds is 6. The molecule has 0 aliphatic carbocycles. The molecule has 8 heteroatoms. The van der Waals surface area contributed by atoms with Gasteiger partial charge in [-0.2, -0.15) is 0 Å². The number of nitrogens with two attached hydrogens (primary N) is 1. The van der Waals surface area contributed by atoms with E-state index in [2.05, 4.69) is 15.6 Å². The Kier molecular flexibility index (Phi) is 6.70. The molecule has 28 heavy (non-hydrogen) atoms. The molecule has 2 aromatic rings. The Hall–Kier alpha value is -2.81. The van der Waals surface area contributed by atoms with Gasteiger partial charge in [0.2, 0.25) is 0 Å². The van der Waals surface area contributed by atoms with E-state index in [-0.39, 0.29) is 36.2 Å². The maximum absolute atomic E-state index is 12.8. The predicted molar refractivity (Wildman–Crippen MR) is 104 cm³/mol. The fraction of sp³-hybridized carbons (Fsp3) is 0.350. The summed E-state index contributed by atoms with van der Waals surface area (Å²) in [4.78, 5) is 29.1. The van der Waals surface area contributed by atoms with Gasteiger partial charge in [0.05, 0.1) is 18.8 Å². The molecule has 1 aliphatic heterocycles. The molecule has 1 saturated heterocycles. The number of carbonyl (C=O) groups excluding carboxylic acids is 2. The van der Waals surface area contributed by atoms with Crippen molar-refractivity contribution >= 4 is 17.5 Å². The zero-order chi connectivity index (χ0) is 19.9. The van der Waals surface area contributed by atoms with Gasteiger partial charge in [0.1, 0.15) is 5.69 Å². The van der Waals surface area contributed by atoms with Crippen molar-refractivity contribution in [2.45, 2.75) is 25.1 Å². The maximum atomic E-state index is 12.8. The Morgan fingerprint density at radius 1 is 1.29 bits per heavy atom. The van der Waals surface area contributed by atoms with Gasteiger partial charge >= 0.3 is 0 Å². The molecule has 2 heterocycles. The number of carbonyl (C=O) groups is 2. The summed E-state index contributed by atoms with van der Waals surface area (Å²) in [5, 5.41) is 5.71. The molecule has 1 aromatic carbocycles. The Bertz CT molecular complexity index is 828. The molecule has 8 nitrogen and oxygen atoms in total. The molecule has 1 aliphatic rings. The van der Waals surface area contributed by atoms with E-state index in [0.717, 1.165) is 12.0 Å². The summed E-state index contributed by atoms with van der Waals surface area (Å²) in [6.07, 6.45) is 2.16. The molecule has 0 radical (unpaired) electrons. The van der Waals surface area contributed by atoms with Gasteiger partial charge in [-0.3, -0.25) is 14.6 Å². The molecular formula is C20H24N4O4. The van der Waals surface area contributed by atoms with Crippen molar-refractivity contribution < 1.29 is 19.1 Å². The maximum Gasteiger partial charge on any atom is 0.274 e. The molecule has 0 saturated carbocycles. The van der Waals surface area contributed by atoms with Gasteiger partial charge in [-0.15, -0.1) is 0 Å². The van der Waals surface area contributed by atoms with E-state index in [1.807, 2.05) is 0 Å².